The van der Waals surface area contributed by atoms with Crippen LogP contribution in [0.5, 0.6) is 0 Å². The number of hydrogen-bond donors (Lipinski definition) is 1. The monoisotopic (exact) mass is 387 g/mol. The average Bonchev–Trinajstić information content (AvgIpc) is 3.08. The van der Waals surface area contributed by atoms with Gasteiger partial charge >= 0.3 is 0 Å². The minimum Gasteiger partial charge on any atom is -0.334 e. The predicted octanol–water partition coefficient (Wildman–Crippen LogP) is 4.06. The number of fused-ring (bicyclic) bond motifs is 4. The van der Waals surface area contributed by atoms with Gasteiger partial charge in [0.15, 0.2) is 5.39 Å². The summed E-state index contributed by atoms with van der Waals surface area (Å²) >= 11 is 0. The number of aryl methyl sites for hydroxylation is 1. The van der Waals surface area contributed by atoms with Gasteiger partial charge in [0, 0.05) is 23.6 Å². The highest BCUT2D eigenvalue weighted by molar-refractivity contribution is 6.08. The van der Waals surface area contributed by atoms with Crippen LogP contribution in [0.25, 0.3) is 27.8 Å². The Morgan fingerprint density at radius 2 is 1.90 bits per heavy atom. The van der Waals surface area contributed by atoms with Crippen molar-refractivity contribution in [3.8, 4) is 5.69 Å². The number of nitro groups is 1. The Hall–Kier alpha value is -3.61. The van der Waals surface area contributed by atoms with E-state index >= 15 is 0 Å². The van der Waals surface area contributed by atoms with Crippen LogP contribution in [0.4, 0.5) is 5.69 Å². The van der Waals surface area contributed by atoms with Gasteiger partial charge in [-0.2, -0.15) is 0 Å². The highest BCUT2D eigenvalue weighted by atomic mass is 16.6. The predicted molar refractivity (Wildman–Crippen MR) is 108 cm³/mol. The molecule has 1 N–H and O–H groups in total. The first-order chi connectivity index (χ1) is 13.9. The van der Waals surface area contributed by atoms with Crippen molar-refractivity contribution in [2.24, 2.45) is 5.41 Å². The number of carbonyl (C=O) groups is 1. The highest BCUT2D eigenvalue weighted by Gasteiger charge is 2.44. The third kappa shape index (κ3) is 2.47. The fraction of sp³-hybridized carbons (Fsp3) is 0.227. The number of non-ortho nitro benzene ring substituents is 1. The van der Waals surface area contributed by atoms with E-state index in [0.717, 1.165) is 11.4 Å². The normalized spacial score (nSPS) is 15.6. The third-order valence-electron chi connectivity index (χ3n) is 5.75. The number of ketones is 1. The first-order valence-electron chi connectivity index (χ1n) is 9.52. The lowest BCUT2D eigenvalue weighted by Gasteiger charge is -2.26. The minimum absolute atomic E-state index is 0.00457. The van der Waals surface area contributed by atoms with Crippen molar-refractivity contribution in [3.63, 3.8) is 0 Å². The van der Waals surface area contributed by atoms with E-state index in [1.807, 2.05) is 48.7 Å². The van der Waals surface area contributed by atoms with Crippen LogP contribution in [-0.2, 0) is 6.42 Å². The number of nitrogens with one attached hydrogen (secondary N) is 1. The summed E-state index contributed by atoms with van der Waals surface area (Å²) in [7, 11) is 0. The van der Waals surface area contributed by atoms with Crippen molar-refractivity contribution in [2.75, 3.05) is 0 Å². The summed E-state index contributed by atoms with van der Waals surface area (Å²) in [6.45, 7) is 3.88. The van der Waals surface area contributed by atoms with Gasteiger partial charge in [-0.1, -0.05) is 38.1 Å². The van der Waals surface area contributed by atoms with E-state index in [1.165, 1.54) is 6.07 Å². The van der Waals surface area contributed by atoms with Gasteiger partial charge in [-0.05, 0) is 18.9 Å². The number of hydrogen-bond acceptors (Lipinski definition) is 4. The van der Waals surface area contributed by atoms with Crippen LogP contribution < -0.4 is 4.57 Å². The van der Waals surface area contributed by atoms with E-state index in [2.05, 4.69) is 4.98 Å². The molecule has 0 saturated carbocycles. The zero-order valence-electron chi connectivity index (χ0n) is 16.1. The van der Waals surface area contributed by atoms with Gasteiger partial charge in [0.2, 0.25) is 17.1 Å². The summed E-state index contributed by atoms with van der Waals surface area (Å²) in [5.41, 5.74) is 3.22. The fourth-order valence-electron chi connectivity index (χ4n) is 4.18. The van der Waals surface area contributed by atoms with E-state index in [0.29, 0.717) is 40.6 Å². The first kappa shape index (κ1) is 17.5. The summed E-state index contributed by atoms with van der Waals surface area (Å²) in [5, 5.41) is 12.2. The molecule has 7 heteroatoms. The third-order valence-corrected chi connectivity index (χ3v) is 5.75. The van der Waals surface area contributed by atoms with Gasteiger partial charge < -0.3 is 4.98 Å². The Labute approximate surface area is 166 Å². The molecule has 2 aromatic carbocycles. The number of aromatic amines is 1. The topological polar surface area (TPSA) is 92.8 Å². The van der Waals surface area contributed by atoms with Crippen molar-refractivity contribution in [2.45, 2.75) is 26.7 Å². The van der Waals surface area contributed by atoms with E-state index in [9.17, 15) is 14.9 Å². The molecular formula is C22H19N4O3+. The number of rotatable bonds is 2. The lowest BCUT2D eigenvalue weighted by Crippen LogP contribution is -2.46. The zero-order valence-corrected chi connectivity index (χ0v) is 16.1. The van der Waals surface area contributed by atoms with Crippen molar-refractivity contribution >= 4 is 33.5 Å². The molecule has 5 rings (SSSR count). The Balaban J connectivity index is 2.03. The van der Waals surface area contributed by atoms with Gasteiger partial charge in [-0.15, -0.1) is 4.57 Å². The molecule has 0 aliphatic heterocycles. The van der Waals surface area contributed by atoms with Crippen molar-refractivity contribution in [3.05, 3.63) is 70.0 Å². The minimum atomic E-state index is -0.517. The average molecular weight is 387 g/mol. The molecule has 29 heavy (non-hydrogen) atoms. The molecule has 0 spiro atoms. The maximum atomic E-state index is 13.4. The zero-order chi connectivity index (χ0) is 20.3. The Bertz CT molecular complexity index is 1320. The molecule has 144 valence electrons. The van der Waals surface area contributed by atoms with Crippen LogP contribution in [0, 0.1) is 15.5 Å². The molecule has 0 radical (unpaired) electrons. The molecule has 4 aromatic rings. The van der Waals surface area contributed by atoms with E-state index in [-0.39, 0.29) is 11.5 Å². The van der Waals surface area contributed by atoms with Crippen molar-refractivity contribution in [1.29, 1.82) is 0 Å². The molecule has 0 atom stereocenters. The fourth-order valence-corrected chi connectivity index (χ4v) is 4.18. The van der Waals surface area contributed by atoms with E-state index in [1.54, 1.807) is 12.1 Å². The lowest BCUT2D eigenvalue weighted by molar-refractivity contribution is -0.570. The van der Waals surface area contributed by atoms with Crippen molar-refractivity contribution < 1.29 is 14.3 Å². The largest absolute Gasteiger partial charge is 0.334 e. The summed E-state index contributed by atoms with van der Waals surface area (Å²) in [5.74, 6) is 0.00457. The van der Waals surface area contributed by atoms with Gasteiger partial charge in [-0.3, -0.25) is 14.9 Å². The smallest absolute Gasteiger partial charge is 0.285 e. The maximum Gasteiger partial charge on any atom is 0.285 e. The summed E-state index contributed by atoms with van der Waals surface area (Å²) in [6.07, 6.45) is 1.39. The molecule has 0 saturated heterocycles. The number of aromatic nitrogens is 3. The summed E-state index contributed by atoms with van der Waals surface area (Å²) < 4.78 is 1.85. The first-order valence-corrected chi connectivity index (χ1v) is 9.52. The number of nitro benzene ring substituents is 1. The van der Waals surface area contributed by atoms with Crippen LogP contribution in [0.1, 0.15) is 36.5 Å². The summed E-state index contributed by atoms with van der Waals surface area (Å²) in [4.78, 5) is 32.8. The van der Waals surface area contributed by atoms with E-state index < -0.39 is 10.3 Å². The lowest BCUT2D eigenvalue weighted by atomic mass is 9.76. The van der Waals surface area contributed by atoms with E-state index in [4.69, 9.17) is 4.98 Å². The van der Waals surface area contributed by atoms with Crippen LogP contribution in [0.2, 0.25) is 0 Å². The number of carbonyl (C=O) groups excluding carboxylic acids is 1. The Kier molecular flexibility index (Phi) is 3.58. The molecular weight excluding hydrogens is 368 g/mol. The number of benzene rings is 2. The number of H-pyrrole nitrogens is 1. The molecule has 1 aliphatic carbocycles. The van der Waals surface area contributed by atoms with Crippen LogP contribution in [-0.4, -0.2) is 20.7 Å². The van der Waals surface area contributed by atoms with Gasteiger partial charge in [0.1, 0.15) is 5.69 Å². The summed E-state index contributed by atoms with van der Waals surface area (Å²) in [6, 6.07) is 14.4. The number of Topliss-reactive ketones (excluding diaryl/α,β-unsaturated/α-hetero) is 1. The number of nitrogens with zero attached hydrogens (tertiary/aromatic N) is 3. The standard InChI is InChI=1S/C22H18N4O3/c1-22(2)12-11-15-18(20(22)27)25(13-7-4-3-5-8-13)19-17-14(23-21(19)24-15)9-6-10-16(17)26(28)29/h3-10H,11-12H2,1-2H3/p+1. The quantitative estimate of drug-likeness (QED) is 0.319. The van der Waals surface area contributed by atoms with Crippen LogP contribution in [0.3, 0.4) is 0 Å². The maximum absolute atomic E-state index is 13.4. The molecule has 0 amide bonds. The molecule has 0 fully saturated rings. The molecule has 0 bridgehead atoms. The second-order valence-corrected chi connectivity index (χ2v) is 8.07. The Morgan fingerprint density at radius 1 is 1.14 bits per heavy atom. The number of para-hydroxylation sites is 1. The van der Waals surface area contributed by atoms with Gasteiger partial charge in [-0.25, -0.2) is 4.98 Å². The SMILES string of the molecule is CC1(C)CCc2nc3[nH]c4cccc([N+](=O)[O-])c4c3[n+](-c3ccccc3)c2C1=O. The second kappa shape index (κ2) is 5.94. The van der Waals surface area contributed by atoms with Crippen LogP contribution >= 0.6 is 0 Å². The molecule has 0 unspecified atom stereocenters. The molecule has 7 nitrogen and oxygen atoms in total. The van der Waals surface area contributed by atoms with Crippen molar-refractivity contribution in [1.82, 2.24) is 9.97 Å². The van der Waals surface area contributed by atoms with Gasteiger partial charge in [0.05, 0.1) is 10.4 Å². The van der Waals surface area contributed by atoms with Gasteiger partial charge in [0.25, 0.3) is 16.9 Å². The molecule has 2 heterocycles. The van der Waals surface area contributed by atoms with Crippen LogP contribution in [0.15, 0.2) is 48.5 Å². The molecule has 2 aromatic heterocycles. The highest BCUT2D eigenvalue weighted by Crippen LogP contribution is 2.36. The second-order valence-electron chi connectivity index (χ2n) is 8.07. The Morgan fingerprint density at radius 3 is 2.62 bits per heavy atom. The molecule has 1 aliphatic rings.